The number of aromatic nitrogens is 1. The fraction of sp³-hybridized carbons (Fsp3) is 0.706. The summed E-state index contributed by atoms with van der Waals surface area (Å²) in [5.41, 5.74) is 1.14. The lowest BCUT2D eigenvalue weighted by Crippen LogP contribution is -2.34. The van der Waals surface area contributed by atoms with Gasteiger partial charge in [-0.05, 0) is 44.4 Å². The Kier molecular flexibility index (Phi) is 8.70. The summed E-state index contributed by atoms with van der Waals surface area (Å²) in [4.78, 5) is 6.96. The molecule has 3 nitrogen and oxygen atoms in total. The minimum atomic E-state index is 0.502. The second-order valence-corrected chi connectivity index (χ2v) is 6.02. The molecule has 1 heterocycles. The van der Waals surface area contributed by atoms with Crippen LogP contribution < -0.4 is 10.2 Å². The van der Waals surface area contributed by atoms with Gasteiger partial charge in [0.05, 0.1) is 5.02 Å². The van der Waals surface area contributed by atoms with E-state index in [9.17, 15) is 0 Å². The fourth-order valence-corrected chi connectivity index (χ4v) is 2.44. The molecule has 0 aromatic carbocycles. The van der Waals surface area contributed by atoms with E-state index in [0.717, 1.165) is 48.9 Å². The van der Waals surface area contributed by atoms with E-state index >= 15 is 0 Å². The number of nitrogens with zero attached hydrogens (tertiary/aromatic N) is 2. The van der Waals surface area contributed by atoms with Crippen LogP contribution >= 0.6 is 11.6 Å². The lowest BCUT2D eigenvalue weighted by Gasteiger charge is -2.30. The maximum Gasteiger partial charge on any atom is 0.129 e. The molecule has 0 spiro atoms. The Balaban J connectivity index is 2.89. The standard InChI is InChI=1S/C17H30ClN3/c1-5-8-10-21(14(4)7-3)17-11-15(12-19-9-6-2)16(18)13-20-17/h11,13-14,19H,5-10,12H2,1-4H3. The van der Waals surface area contributed by atoms with Crippen LogP contribution in [0.15, 0.2) is 12.3 Å². The zero-order chi connectivity index (χ0) is 15.7. The number of nitrogens with one attached hydrogen (secondary N) is 1. The highest BCUT2D eigenvalue weighted by Gasteiger charge is 2.15. The van der Waals surface area contributed by atoms with Crippen molar-refractivity contribution in [2.24, 2.45) is 0 Å². The van der Waals surface area contributed by atoms with Gasteiger partial charge in [-0.1, -0.05) is 38.8 Å². The quantitative estimate of drug-likeness (QED) is 0.638. The first-order valence-electron chi connectivity index (χ1n) is 8.25. The largest absolute Gasteiger partial charge is 0.354 e. The molecule has 4 heteroatoms. The SMILES string of the molecule is CCCCN(c1cc(CNCCC)c(Cl)cn1)C(C)CC. The number of unbranched alkanes of at least 4 members (excludes halogenated alkanes) is 1. The van der Waals surface area contributed by atoms with Crippen molar-refractivity contribution in [2.45, 2.75) is 66.0 Å². The molecule has 1 atom stereocenters. The Hall–Kier alpha value is -0.800. The summed E-state index contributed by atoms with van der Waals surface area (Å²) in [5.74, 6) is 1.05. The predicted molar refractivity (Wildman–Crippen MR) is 93.3 cm³/mol. The van der Waals surface area contributed by atoms with Crippen LogP contribution in [-0.2, 0) is 6.54 Å². The summed E-state index contributed by atoms with van der Waals surface area (Å²) in [6.45, 7) is 11.8. The van der Waals surface area contributed by atoms with Gasteiger partial charge < -0.3 is 10.2 Å². The smallest absolute Gasteiger partial charge is 0.129 e. The Morgan fingerprint density at radius 3 is 2.67 bits per heavy atom. The highest BCUT2D eigenvalue weighted by molar-refractivity contribution is 6.31. The van der Waals surface area contributed by atoms with Gasteiger partial charge in [-0.15, -0.1) is 0 Å². The Morgan fingerprint density at radius 2 is 2.05 bits per heavy atom. The number of anilines is 1. The third-order valence-electron chi connectivity index (χ3n) is 3.83. The van der Waals surface area contributed by atoms with E-state index in [1.165, 1.54) is 12.8 Å². The van der Waals surface area contributed by atoms with Crippen LogP contribution in [0.3, 0.4) is 0 Å². The molecule has 21 heavy (non-hydrogen) atoms. The van der Waals surface area contributed by atoms with E-state index in [-0.39, 0.29) is 0 Å². The topological polar surface area (TPSA) is 28.2 Å². The van der Waals surface area contributed by atoms with Crippen LogP contribution in [0.5, 0.6) is 0 Å². The zero-order valence-corrected chi connectivity index (χ0v) is 14.7. The van der Waals surface area contributed by atoms with E-state index in [1.54, 1.807) is 6.20 Å². The lowest BCUT2D eigenvalue weighted by atomic mass is 10.1. The lowest BCUT2D eigenvalue weighted by molar-refractivity contribution is 0.589. The molecule has 1 N–H and O–H groups in total. The van der Waals surface area contributed by atoms with Crippen LogP contribution in [0, 0.1) is 0 Å². The van der Waals surface area contributed by atoms with Gasteiger partial charge >= 0.3 is 0 Å². The minimum Gasteiger partial charge on any atom is -0.354 e. The van der Waals surface area contributed by atoms with E-state index in [4.69, 9.17) is 11.6 Å². The monoisotopic (exact) mass is 311 g/mol. The number of hydrogen-bond donors (Lipinski definition) is 1. The summed E-state index contributed by atoms with van der Waals surface area (Å²) in [7, 11) is 0. The highest BCUT2D eigenvalue weighted by atomic mass is 35.5. The van der Waals surface area contributed by atoms with E-state index in [1.807, 2.05) is 0 Å². The Bertz CT molecular complexity index is 409. The van der Waals surface area contributed by atoms with Crippen molar-refractivity contribution in [3.05, 3.63) is 22.8 Å². The first-order valence-corrected chi connectivity index (χ1v) is 8.63. The predicted octanol–water partition coefficient (Wildman–Crippen LogP) is 4.64. The third-order valence-corrected chi connectivity index (χ3v) is 4.17. The molecule has 1 aromatic rings. The van der Waals surface area contributed by atoms with E-state index in [0.29, 0.717) is 6.04 Å². The maximum absolute atomic E-state index is 6.28. The maximum atomic E-state index is 6.28. The van der Waals surface area contributed by atoms with Crippen LogP contribution in [0.2, 0.25) is 5.02 Å². The normalized spacial score (nSPS) is 12.4. The van der Waals surface area contributed by atoms with Crippen LogP contribution in [0.4, 0.5) is 5.82 Å². The van der Waals surface area contributed by atoms with Gasteiger partial charge in [0.1, 0.15) is 5.82 Å². The third kappa shape index (κ3) is 5.84. The summed E-state index contributed by atoms with van der Waals surface area (Å²) in [6, 6.07) is 2.65. The summed E-state index contributed by atoms with van der Waals surface area (Å²) < 4.78 is 0. The van der Waals surface area contributed by atoms with Crippen molar-refractivity contribution in [1.82, 2.24) is 10.3 Å². The van der Waals surface area contributed by atoms with Gasteiger partial charge in [-0.2, -0.15) is 0 Å². The molecule has 0 aliphatic rings. The van der Waals surface area contributed by atoms with Crippen LogP contribution in [-0.4, -0.2) is 24.1 Å². The molecule has 0 saturated heterocycles. The molecule has 0 amide bonds. The van der Waals surface area contributed by atoms with Crippen molar-refractivity contribution in [2.75, 3.05) is 18.0 Å². The molecule has 1 unspecified atom stereocenters. The summed E-state index contributed by atoms with van der Waals surface area (Å²) in [5, 5.41) is 4.17. The molecule has 0 aliphatic carbocycles. The van der Waals surface area contributed by atoms with Gasteiger partial charge in [0, 0.05) is 25.3 Å². The Labute approximate surface area is 135 Å². The van der Waals surface area contributed by atoms with E-state index < -0.39 is 0 Å². The average Bonchev–Trinajstić information content (AvgIpc) is 2.50. The molecule has 0 saturated carbocycles. The molecule has 0 aliphatic heterocycles. The van der Waals surface area contributed by atoms with Gasteiger partial charge in [-0.3, -0.25) is 0 Å². The minimum absolute atomic E-state index is 0.502. The molecule has 0 fully saturated rings. The van der Waals surface area contributed by atoms with Crippen molar-refractivity contribution < 1.29 is 0 Å². The number of halogens is 1. The van der Waals surface area contributed by atoms with Gasteiger partial charge in [-0.25, -0.2) is 4.98 Å². The number of hydrogen-bond acceptors (Lipinski definition) is 3. The van der Waals surface area contributed by atoms with Gasteiger partial charge in [0.15, 0.2) is 0 Å². The molecular formula is C17H30ClN3. The van der Waals surface area contributed by atoms with Crippen molar-refractivity contribution >= 4 is 17.4 Å². The molecule has 0 bridgehead atoms. The van der Waals surface area contributed by atoms with Crippen LogP contribution in [0.1, 0.15) is 58.9 Å². The zero-order valence-electron chi connectivity index (χ0n) is 14.0. The summed E-state index contributed by atoms with van der Waals surface area (Å²) in [6.07, 6.45) is 6.44. The molecule has 1 aromatic heterocycles. The number of pyridine rings is 1. The fourth-order valence-electron chi connectivity index (χ4n) is 2.27. The Morgan fingerprint density at radius 1 is 1.29 bits per heavy atom. The molecular weight excluding hydrogens is 282 g/mol. The second-order valence-electron chi connectivity index (χ2n) is 5.61. The van der Waals surface area contributed by atoms with Crippen molar-refractivity contribution in [3.63, 3.8) is 0 Å². The first kappa shape index (κ1) is 18.2. The number of rotatable bonds is 10. The van der Waals surface area contributed by atoms with Gasteiger partial charge in [0.2, 0.25) is 0 Å². The van der Waals surface area contributed by atoms with Crippen molar-refractivity contribution in [3.8, 4) is 0 Å². The average molecular weight is 312 g/mol. The molecule has 120 valence electrons. The van der Waals surface area contributed by atoms with Crippen LogP contribution in [0.25, 0.3) is 0 Å². The van der Waals surface area contributed by atoms with Gasteiger partial charge in [0.25, 0.3) is 0 Å². The molecule has 0 radical (unpaired) electrons. The first-order chi connectivity index (χ1) is 10.1. The second kappa shape index (κ2) is 10.0. The summed E-state index contributed by atoms with van der Waals surface area (Å²) >= 11 is 6.28. The van der Waals surface area contributed by atoms with E-state index in [2.05, 4.69) is 49.0 Å². The highest BCUT2D eigenvalue weighted by Crippen LogP contribution is 2.23. The molecule has 1 rings (SSSR count). The van der Waals surface area contributed by atoms with Crippen molar-refractivity contribution in [1.29, 1.82) is 0 Å².